The molecule has 15 heavy (non-hydrogen) atoms. The first-order valence-electron chi connectivity index (χ1n) is 5.08. The van der Waals surface area contributed by atoms with E-state index in [2.05, 4.69) is 0 Å². The first-order chi connectivity index (χ1) is 7.11. The van der Waals surface area contributed by atoms with Crippen molar-refractivity contribution in [1.82, 2.24) is 0 Å². The SMILES string of the molecule is COc1cc(CCCO)c(O)c(C)c1C. The number of aryl methyl sites for hydroxylation is 1. The normalized spacial score (nSPS) is 10.4. The predicted molar refractivity (Wildman–Crippen MR) is 59.5 cm³/mol. The Labute approximate surface area is 90.3 Å². The molecule has 0 unspecified atom stereocenters. The zero-order valence-corrected chi connectivity index (χ0v) is 9.50. The number of ether oxygens (including phenoxy) is 1. The van der Waals surface area contributed by atoms with Gasteiger partial charge < -0.3 is 14.9 Å². The van der Waals surface area contributed by atoms with Gasteiger partial charge >= 0.3 is 0 Å². The molecule has 0 aromatic heterocycles. The number of aliphatic hydroxyl groups excluding tert-OH is 1. The van der Waals surface area contributed by atoms with Gasteiger partial charge in [0.2, 0.25) is 0 Å². The highest BCUT2D eigenvalue weighted by Crippen LogP contribution is 2.32. The smallest absolute Gasteiger partial charge is 0.122 e. The van der Waals surface area contributed by atoms with Gasteiger partial charge in [0.15, 0.2) is 0 Å². The van der Waals surface area contributed by atoms with Crippen LogP contribution in [0.1, 0.15) is 23.1 Å². The van der Waals surface area contributed by atoms with Gasteiger partial charge in [-0.05, 0) is 49.4 Å². The van der Waals surface area contributed by atoms with Crippen molar-refractivity contribution < 1.29 is 14.9 Å². The van der Waals surface area contributed by atoms with E-state index in [4.69, 9.17) is 9.84 Å². The van der Waals surface area contributed by atoms with Gasteiger partial charge in [-0.15, -0.1) is 0 Å². The number of hydrogen-bond donors (Lipinski definition) is 2. The van der Waals surface area contributed by atoms with Gasteiger partial charge in [0, 0.05) is 6.61 Å². The van der Waals surface area contributed by atoms with Crippen molar-refractivity contribution in [3.8, 4) is 11.5 Å². The van der Waals surface area contributed by atoms with Gasteiger partial charge in [0.1, 0.15) is 11.5 Å². The maximum absolute atomic E-state index is 9.89. The minimum atomic E-state index is 0.134. The van der Waals surface area contributed by atoms with Gasteiger partial charge in [-0.1, -0.05) is 0 Å². The Balaban J connectivity index is 3.11. The van der Waals surface area contributed by atoms with Crippen LogP contribution >= 0.6 is 0 Å². The van der Waals surface area contributed by atoms with E-state index in [1.54, 1.807) is 7.11 Å². The summed E-state index contributed by atoms with van der Waals surface area (Å²) in [6.45, 7) is 3.92. The molecule has 0 heterocycles. The van der Waals surface area contributed by atoms with E-state index >= 15 is 0 Å². The lowest BCUT2D eigenvalue weighted by Gasteiger charge is -2.13. The van der Waals surface area contributed by atoms with Gasteiger partial charge in [0.25, 0.3) is 0 Å². The molecule has 0 fully saturated rings. The lowest BCUT2D eigenvalue weighted by atomic mass is 10.00. The molecule has 0 bridgehead atoms. The second kappa shape index (κ2) is 5.03. The van der Waals surface area contributed by atoms with E-state index in [0.29, 0.717) is 18.6 Å². The molecular weight excluding hydrogens is 192 g/mol. The molecule has 0 spiro atoms. The van der Waals surface area contributed by atoms with E-state index in [-0.39, 0.29) is 6.61 Å². The predicted octanol–water partition coefficient (Wildman–Crippen LogP) is 1.94. The zero-order chi connectivity index (χ0) is 11.4. The standard InChI is InChI=1S/C12H18O3/c1-8-9(2)12(14)10(5-4-6-13)7-11(8)15-3/h7,13-14H,4-6H2,1-3H3. The molecule has 84 valence electrons. The molecule has 0 aliphatic heterocycles. The van der Waals surface area contributed by atoms with E-state index in [0.717, 1.165) is 22.4 Å². The monoisotopic (exact) mass is 210 g/mol. The molecule has 1 aromatic carbocycles. The number of phenols is 1. The minimum absolute atomic E-state index is 0.134. The maximum Gasteiger partial charge on any atom is 0.122 e. The number of aliphatic hydroxyl groups is 1. The maximum atomic E-state index is 9.89. The Morgan fingerprint density at radius 3 is 2.47 bits per heavy atom. The first kappa shape index (κ1) is 11.9. The Kier molecular flexibility index (Phi) is 3.97. The Morgan fingerprint density at radius 1 is 1.27 bits per heavy atom. The third kappa shape index (κ3) is 2.42. The van der Waals surface area contributed by atoms with Crippen molar-refractivity contribution in [2.24, 2.45) is 0 Å². The van der Waals surface area contributed by atoms with Crippen LogP contribution in [0.4, 0.5) is 0 Å². The lowest BCUT2D eigenvalue weighted by molar-refractivity contribution is 0.288. The summed E-state index contributed by atoms with van der Waals surface area (Å²) in [5, 5.41) is 18.6. The van der Waals surface area contributed by atoms with Crippen molar-refractivity contribution >= 4 is 0 Å². The van der Waals surface area contributed by atoms with Gasteiger partial charge in [0.05, 0.1) is 7.11 Å². The quantitative estimate of drug-likeness (QED) is 0.798. The molecule has 0 saturated heterocycles. The average Bonchev–Trinajstić information content (AvgIpc) is 2.25. The second-order valence-electron chi connectivity index (χ2n) is 3.66. The fourth-order valence-electron chi connectivity index (χ4n) is 1.61. The number of aromatic hydroxyl groups is 1. The molecule has 0 radical (unpaired) electrons. The summed E-state index contributed by atoms with van der Waals surface area (Å²) in [5.74, 6) is 1.11. The minimum Gasteiger partial charge on any atom is -0.507 e. The van der Waals surface area contributed by atoms with Gasteiger partial charge in [-0.25, -0.2) is 0 Å². The molecule has 0 saturated carbocycles. The van der Waals surface area contributed by atoms with Gasteiger partial charge in [-0.2, -0.15) is 0 Å². The summed E-state index contributed by atoms with van der Waals surface area (Å²) in [4.78, 5) is 0. The van der Waals surface area contributed by atoms with Crippen LogP contribution < -0.4 is 4.74 Å². The number of hydrogen-bond acceptors (Lipinski definition) is 3. The van der Waals surface area contributed by atoms with Crippen LogP contribution in [0.25, 0.3) is 0 Å². The second-order valence-corrected chi connectivity index (χ2v) is 3.66. The van der Waals surface area contributed by atoms with Crippen molar-refractivity contribution in [3.63, 3.8) is 0 Å². The summed E-state index contributed by atoms with van der Waals surface area (Å²) >= 11 is 0. The summed E-state index contributed by atoms with van der Waals surface area (Å²) in [6, 6.07) is 1.84. The van der Waals surface area contributed by atoms with Crippen molar-refractivity contribution in [2.45, 2.75) is 26.7 Å². The molecule has 2 N–H and O–H groups in total. The van der Waals surface area contributed by atoms with E-state index in [1.165, 1.54) is 0 Å². The van der Waals surface area contributed by atoms with Crippen LogP contribution in [0, 0.1) is 13.8 Å². The molecule has 3 nitrogen and oxygen atoms in total. The molecule has 1 rings (SSSR count). The topological polar surface area (TPSA) is 49.7 Å². The van der Waals surface area contributed by atoms with Crippen LogP contribution in [-0.2, 0) is 6.42 Å². The third-order valence-corrected chi connectivity index (χ3v) is 2.72. The van der Waals surface area contributed by atoms with E-state index in [1.807, 2.05) is 19.9 Å². The molecular formula is C12H18O3. The molecule has 1 aromatic rings. The van der Waals surface area contributed by atoms with Gasteiger partial charge in [-0.3, -0.25) is 0 Å². The highest BCUT2D eigenvalue weighted by atomic mass is 16.5. The molecule has 0 aliphatic rings. The largest absolute Gasteiger partial charge is 0.507 e. The summed E-state index contributed by atoms with van der Waals surface area (Å²) < 4.78 is 5.23. The molecule has 0 atom stereocenters. The van der Waals surface area contributed by atoms with Crippen LogP contribution in [0.3, 0.4) is 0 Å². The van der Waals surface area contributed by atoms with Crippen LogP contribution in [0.15, 0.2) is 6.07 Å². The Morgan fingerprint density at radius 2 is 1.93 bits per heavy atom. The number of methoxy groups -OCH3 is 1. The van der Waals surface area contributed by atoms with Crippen LogP contribution in [0.2, 0.25) is 0 Å². The molecule has 3 heteroatoms. The average molecular weight is 210 g/mol. The van der Waals surface area contributed by atoms with Crippen molar-refractivity contribution in [1.29, 1.82) is 0 Å². The number of rotatable bonds is 4. The van der Waals surface area contributed by atoms with E-state index in [9.17, 15) is 5.11 Å². The Bertz CT molecular complexity index is 345. The van der Waals surface area contributed by atoms with E-state index < -0.39 is 0 Å². The van der Waals surface area contributed by atoms with Crippen molar-refractivity contribution in [3.05, 3.63) is 22.8 Å². The summed E-state index contributed by atoms with van der Waals surface area (Å²) in [7, 11) is 1.62. The summed E-state index contributed by atoms with van der Waals surface area (Å²) in [6.07, 6.45) is 1.32. The third-order valence-electron chi connectivity index (χ3n) is 2.72. The number of phenolic OH excluding ortho intramolecular Hbond substituents is 1. The van der Waals surface area contributed by atoms with Crippen molar-refractivity contribution in [2.75, 3.05) is 13.7 Å². The highest BCUT2D eigenvalue weighted by molar-refractivity contribution is 5.51. The van der Waals surface area contributed by atoms with Crippen LogP contribution in [-0.4, -0.2) is 23.9 Å². The first-order valence-corrected chi connectivity index (χ1v) is 5.08. The fourth-order valence-corrected chi connectivity index (χ4v) is 1.61. The fraction of sp³-hybridized carbons (Fsp3) is 0.500. The van der Waals surface area contributed by atoms with Crippen LogP contribution in [0.5, 0.6) is 11.5 Å². The Hall–Kier alpha value is -1.22. The molecule has 0 aliphatic carbocycles. The molecule has 0 amide bonds. The zero-order valence-electron chi connectivity index (χ0n) is 9.50. The summed E-state index contributed by atoms with van der Waals surface area (Å²) in [5.41, 5.74) is 2.65. The lowest BCUT2D eigenvalue weighted by Crippen LogP contribution is -1.97. The highest BCUT2D eigenvalue weighted by Gasteiger charge is 2.11. The number of benzene rings is 1.